The van der Waals surface area contributed by atoms with Crippen LogP contribution in [0.1, 0.15) is 55.1 Å². The second-order valence-electron chi connectivity index (χ2n) is 7.78. The summed E-state index contributed by atoms with van der Waals surface area (Å²) in [6, 6.07) is 2.22. The Bertz CT molecular complexity index is 895. The summed E-state index contributed by atoms with van der Waals surface area (Å²) in [5.74, 6) is 0.488. The molecule has 7 heteroatoms. The molecule has 2 aromatic heterocycles. The zero-order valence-electron chi connectivity index (χ0n) is 16.4. The first-order valence-electron chi connectivity index (χ1n) is 9.26. The van der Waals surface area contributed by atoms with Gasteiger partial charge in [0.1, 0.15) is 17.5 Å². The average molecular weight is 369 g/mol. The van der Waals surface area contributed by atoms with Crippen LogP contribution in [0.3, 0.4) is 0 Å². The van der Waals surface area contributed by atoms with Gasteiger partial charge in [0.05, 0.1) is 24.4 Å². The van der Waals surface area contributed by atoms with Gasteiger partial charge in [0.2, 0.25) is 0 Å². The van der Waals surface area contributed by atoms with Crippen molar-refractivity contribution in [3.05, 3.63) is 28.7 Å². The highest BCUT2D eigenvalue weighted by Crippen LogP contribution is 2.41. The molecule has 1 atom stereocenters. The van der Waals surface area contributed by atoms with Crippen LogP contribution in [0.4, 0.5) is 5.82 Å². The van der Waals surface area contributed by atoms with E-state index in [-0.39, 0.29) is 23.9 Å². The SMILES string of the molecule is Cc1nn(CCO)cc1-c1c(C)c(C2CCOC(C)(C)C2)nc(N)c1C#N. The molecular weight excluding hydrogens is 342 g/mol. The van der Waals surface area contributed by atoms with E-state index in [1.807, 2.05) is 20.0 Å². The van der Waals surface area contributed by atoms with Crippen LogP contribution in [-0.2, 0) is 11.3 Å². The Morgan fingerprint density at radius 1 is 1.44 bits per heavy atom. The second kappa shape index (κ2) is 7.29. The van der Waals surface area contributed by atoms with Crippen LogP contribution in [0.25, 0.3) is 11.1 Å². The molecule has 7 nitrogen and oxygen atoms in total. The summed E-state index contributed by atoms with van der Waals surface area (Å²) < 4.78 is 7.54. The van der Waals surface area contributed by atoms with Crippen molar-refractivity contribution in [3.63, 3.8) is 0 Å². The maximum absolute atomic E-state index is 9.71. The minimum atomic E-state index is -0.207. The van der Waals surface area contributed by atoms with E-state index in [0.29, 0.717) is 18.7 Å². The van der Waals surface area contributed by atoms with Crippen LogP contribution in [0.5, 0.6) is 0 Å². The molecule has 3 N–H and O–H groups in total. The Hall–Kier alpha value is -2.43. The maximum Gasteiger partial charge on any atom is 0.142 e. The van der Waals surface area contributed by atoms with E-state index in [1.54, 1.807) is 4.68 Å². The normalized spacial score (nSPS) is 19.0. The van der Waals surface area contributed by atoms with Crippen molar-refractivity contribution < 1.29 is 9.84 Å². The summed E-state index contributed by atoms with van der Waals surface area (Å²) in [7, 11) is 0. The first kappa shape index (κ1) is 19.3. The molecular formula is C20H27N5O2. The van der Waals surface area contributed by atoms with Crippen LogP contribution in [0, 0.1) is 25.2 Å². The summed E-state index contributed by atoms with van der Waals surface area (Å²) in [5, 5.41) is 23.4. The van der Waals surface area contributed by atoms with Gasteiger partial charge in [-0.1, -0.05) is 0 Å². The van der Waals surface area contributed by atoms with Crippen LogP contribution >= 0.6 is 0 Å². The molecule has 3 rings (SSSR count). The van der Waals surface area contributed by atoms with Crippen LogP contribution in [0.2, 0.25) is 0 Å². The van der Waals surface area contributed by atoms with E-state index < -0.39 is 0 Å². The Morgan fingerprint density at radius 3 is 2.81 bits per heavy atom. The van der Waals surface area contributed by atoms with Gasteiger partial charge in [-0.05, 0) is 46.1 Å². The van der Waals surface area contributed by atoms with Gasteiger partial charge in [0.25, 0.3) is 0 Å². The van der Waals surface area contributed by atoms with Crippen LogP contribution in [-0.4, -0.2) is 38.7 Å². The van der Waals surface area contributed by atoms with Crippen molar-refractivity contribution in [2.75, 3.05) is 18.9 Å². The molecule has 0 aromatic carbocycles. The van der Waals surface area contributed by atoms with Crippen molar-refractivity contribution in [1.82, 2.24) is 14.8 Å². The fourth-order valence-corrected chi connectivity index (χ4v) is 4.01. The number of anilines is 1. The largest absolute Gasteiger partial charge is 0.394 e. The fourth-order valence-electron chi connectivity index (χ4n) is 4.01. The zero-order valence-corrected chi connectivity index (χ0v) is 16.4. The number of aliphatic hydroxyl groups is 1. The molecule has 144 valence electrons. The number of pyridine rings is 1. The minimum absolute atomic E-state index is 0.00550. The third-order valence-corrected chi connectivity index (χ3v) is 5.25. The lowest BCUT2D eigenvalue weighted by Crippen LogP contribution is -2.33. The highest BCUT2D eigenvalue weighted by Gasteiger charge is 2.33. The number of aryl methyl sites for hydroxylation is 1. The second-order valence-corrected chi connectivity index (χ2v) is 7.78. The number of hydrogen-bond donors (Lipinski definition) is 2. The van der Waals surface area contributed by atoms with Crippen molar-refractivity contribution in [3.8, 4) is 17.2 Å². The molecule has 0 bridgehead atoms. The average Bonchev–Trinajstić information content (AvgIpc) is 2.95. The molecule has 1 unspecified atom stereocenters. The molecule has 0 saturated carbocycles. The zero-order chi connectivity index (χ0) is 19.8. The quantitative estimate of drug-likeness (QED) is 0.857. The standard InChI is InChI=1S/C20H27N5O2/c1-12-17(16-11-25(6-7-26)24-13(16)2)15(10-21)19(22)23-18(12)14-5-8-27-20(3,4)9-14/h11,14,26H,5-9H2,1-4H3,(H2,22,23). The number of nitrogens with two attached hydrogens (primary N) is 1. The van der Waals surface area contributed by atoms with E-state index in [1.165, 1.54) is 0 Å². The molecule has 0 amide bonds. The number of nitrogens with zero attached hydrogens (tertiary/aromatic N) is 4. The molecule has 1 fully saturated rings. The number of aromatic nitrogens is 3. The smallest absolute Gasteiger partial charge is 0.142 e. The molecule has 27 heavy (non-hydrogen) atoms. The Morgan fingerprint density at radius 2 is 2.19 bits per heavy atom. The van der Waals surface area contributed by atoms with Crippen molar-refractivity contribution in [2.24, 2.45) is 0 Å². The summed E-state index contributed by atoms with van der Waals surface area (Å²) in [6.07, 6.45) is 3.60. The van der Waals surface area contributed by atoms with Crippen molar-refractivity contribution >= 4 is 5.82 Å². The number of hydrogen-bond acceptors (Lipinski definition) is 6. The van der Waals surface area contributed by atoms with Gasteiger partial charge in [-0.2, -0.15) is 10.4 Å². The van der Waals surface area contributed by atoms with E-state index in [2.05, 4.69) is 30.0 Å². The van der Waals surface area contributed by atoms with Gasteiger partial charge in [-0.25, -0.2) is 4.98 Å². The van der Waals surface area contributed by atoms with Gasteiger partial charge in [-0.3, -0.25) is 4.68 Å². The topological polar surface area (TPSA) is 110 Å². The number of nitrogen functional groups attached to an aromatic ring is 1. The predicted molar refractivity (Wildman–Crippen MR) is 103 cm³/mol. The summed E-state index contributed by atoms with van der Waals surface area (Å²) >= 11 is 0. The summed E-state index contributed by atoms with van der Waals surface area (Å²) in [4.78, 5) is 4.62. The lowest BCUT2D eigenvalue weighted by molar-refractivity contribution is -0.0598. The number of rotatable bonds is 4. The van der Waals surface area contributed by atoms with E-state index >= 15 is 0 Å². The molecule has 2 aromatic rings. The summed E-state index contributed by atoms with van der Waals surface area (Å²) in [6.45, 7) is 9.17. The molecule has 0 spiro atoms. The first-order chi connectivity index (χ1) is 12.8. The van der Waals surface area contributed by atoms with E-state index in [4.69, 9.17) is 10.5 Å². The molecule has 1 aliphatic rings. The molecule has 3 heterocycles. The maximum atomic E-state index is 9.71. The number of nitriles is 1. The van der Waals surface area contributed by atoms with E-state index in [9.17, 15) is 10.4 Å². The van der Waals surface area contributed by atoms with Gasteiger partial charge in [0.15, 0.2) is 0 Å². The van der Waals surface area contributed by atoms with Crippen LogP contribution < -0.4 is 5.73 Å². The van der Waals surface area contributed by atoms with Gasteiger partial charge < -0.3 is 15.6 Å². The van der Waals surface area contributed by atoms with Gasteiger partial charge >= 0.3 is 0 Å². The van der Waals surface area contributed by atoms with Gasteiger partial charge in [-0.15, -0.1) is 0 Å². The minimum Gasteiger partial charge on any atom is -0.394 e. The van der Waals surface area contributed by atoms with Gasteiger partial charge in [0, 0.05) is 35.5 Å². The molecule has 1 saturated heterocycles. The highest BCUT2D eigenvalue weighted by atomic mass is 16.5. The molecule has 0 aliphatic carbocycles. The lowest BCUT2D eigenvalue weighted by Gasteiger charge is -2.36. The number of ether oxygens (including phenoxy) is 1. The first-order valence-corrected chi connectivity index (χ1v) is 9.26. The monoisotopic (exact) mass is 369 g/mol. The Kier molecular flexibility index (Phi) is 5.22. The fraction of sp³-hybridized carbons (Fsp3) is 0.550. The summed E-state index contributed by atoms with van der Waals surface area (Å²) in [5.41, 5.74) is 10.7. The third-order valence-electron chi connectivity index (χ3n) is 5.25. The highest BCUT2D eigenvalue weighted by molar-refractivity contribution is 5.80. The van der Waals surface area contributed by atoms with Crippen molar-refractivity contribution in [1.29, 1.82) is 5.26 Å². The van der Waals surface area contributed by atoms with Crippen LogP contribution in [0.15, 0.2) is 6.20 Å². The molecule has 0 radical (unpaired) electrons. The van der Waals surface area contributed by atoms with E-state index in [0.717, 1.165) is 40.9 Å². The van der Waals surface area contributed by atoms with Crippen molar-refractivity contribution in [2.45, 2.75) is 58.6 Å². The number of aliphatic hydroxyl groups excluding tert-OH is 1. The Balaban J connectivity index is 2.16. The predicted octanol–water partition coefficient (Wildman–Crippen LogP) is 2.68. The lowest BCUT2D eigenvalue weighted by atomic mass is 9.82. The third kappa shape index (κ3) is 3.68. The molecule has 1 aliphatic heterocycles. The Labute approximate surface area is 159 Å².